The molecule has 2 nitrogen and oxygen atoms in total. The number of rotatable bonds is 6. The Morgan fingerprint density at radius 3 is 2.45 bits per heavy atom. The summed E-state index contributed by atoms with van der Waals surface area (Å²) in [6, 6.07) is 0. The van der Waals surface area contributed by atoms with Crippen LogP contribution in [0.25, 0.3) is 0 Å². The van der Waals surface area contributed by atoms with Crippen molar-refractivity contribution >= 4 is 0 Å². The van der Waals surface area contributed by atoms with Crippen LogP contribution < -0.4 is 0 Å². The van der Waals surface area contributed by atoms with Crippen molar-refractivity contribution in [2.45, 2.75) is 39.7 Å². The SMILES string of the molecule is CCC(C)COC(C)CCO. The summed E-state index contributed by atoms with van der Waals surface area (Å²) in [6.07, 6.45) is 2.11. The molecule has 0 aliphatic carbocycles. The molecule has 0 aliphatic heterocycles. The summed E-state index contributed by atoms with van der Waals surface area (Å²) in [5.74, 6) is 0.635. The van der Waals surface area contributed by atoms with Crippen molar-refractivity contribution in [1.29, 1.82) is 0 Å². The van der Waals surface area contributed by atoms with E-state index in [1.165, 1.54) is 0 Å². The van der Waals surface area contributed by atoms with Gasteiger partial charge in [0.2, 0.25) is 0 Å². The second-order valence-corrected chi connectivity index (χ2v) is 3.17. The summed E-state index contributed by atoms with van der Waals surface area (Å²) < 4.78 is 5.48. The molecule has 0 rings (SSSR count). The zero-order valence-electron chi connectivity index (χ0n) is 7.84. The Morgan fingerprint density at radius 1 is 1.36 bits per heavy atom. The molecular weight excluding hydrogens is 140 g/mol. The molecule has 0 spiro atoms. The first-order chi connectivity index (χ1) is 5.20. The zero-order chi connectivity index (χ0) is 8.69. The average Bonchev–Trinajstić information content (AvgIpc) is 2.01. The first kappa shape index (κ1) is 10.9. The number of aliphatic hydroxyl groups is 1. The molecule has 0 saturated heterocycles. The maximum atomic E-state index is 8.58. The van der Waals surface area contributed by atoms with Gasteiger partial charge in [0.15, 0.2) is 0 Å². The van der Waals surface area contributed by atoms with Crippen molar-refractivity contribution in [3.05, 3.63) is 0 Å². The number of hydrogen-bond donors (Lipinski definition) is 1. The highest BCUT2D eigenvalue weighted by Crippen LogP contribution is 2.04. The lowest BCUT2D eigenvalue weighted by Gasteiger charge is -2.14. The monoisotopic (exact) mass is 160 g/mol. The van der Waals surface area contributed by atoms with Crippen molar-refractivity contribution in [3.8, 4) is 0 Å². The van der Waals surface area contributed by atoms with Gasteiger partial charge in [0.25, 0.3) is 0 Å². The van der Waals surface area contributed by atoms with Gasteiger partial charge in [-0.25, -0.2) is 0 Å². The van der Waals surface area contributed by atoms with Gasteiger partial charge in [-0.1, -0.05) is 20.3 Å². The molecule has 0 fully saturated rings. The Labute approximate surface area is 69.6 Å². The smallest absolute Gasteiger partial charge is 0.0569 e. The Kier molecular flexibility index (Phi) is 6.57. The Morgan fingerprint density at radius 2 is 2.00 bits per heavy atom. The van der Waals surface area contributed by atoms with Gasteiger partial charge < -0.3 is 9.84 Å². The molecule has 0 heterocycles. The molecule has 11 heavy (non-hydrogen) atoms. The number of aliphatic hydroxyl groups excluding tert-OH is 1. The van der Waals surface area contributed by atoms with Gasteiger partial charge in [0.1, 0.15) is 0 Å². The summed E-state index contributed by atoms with van der Waals surface area (Å²) >= 11 is 0. The van der Waals surface area contributed by atoms with Crippen LogP contribution in [0.5, 0.6) is 0 Å². The van der Waals surface area contributed by atoms with E-state index in [1.807, 2.05) is 6.92 Å². The van der Waals surface area contributed by atoms with Crippen molar-refractivity contribution in [3.63, 3.8) is 0 Å². The molecule has 0 aliphatic rings. The van der Waals surface area contributed by atoms with Gasteiger partial charge in [0, 0.05) is 13.2 Å². The maximum Gasteiger partial charge on any atom is 0.0569 e. The van der Waals surface area contributed by atoms with Gasteiger partial charge in [-0.05, 0) is 19.3 Å². The van der Waals surface area contributed by atoms with E-state index >= 15 is 0 Å². The molecule has 68 valence electrons. The van der Waals surface area contributed by atoms with E-state index < -0.39 is 0 Å². The van der Waals surface area contributed by atoms with Crippen molar-refractivity contribution in [1.82, 2.24) is 0 Å². The van der Waals surface area contributed by atoms with Crippen molar-refractivity contribution in [2.75, 3.05) is 13.2 Å². The largest absolute Gasteiger partial charge is 0.396 e. The van der Waals surface area contributed by atoms with Gasteiger partial charge in [-0.3, -0.25) is 0 Å². The highest BCUT2D eigenvalue weighted by atomic mass is 16.5. The second-order valence-electron chi connectivity index (χ2n) is 3.17. The Bertz CT molecular complexity index is 83.6. The average molecular weight is 160 g/mol. The quantitative estimate of drug-likeness (QED) is 0.642. The molecule has 2 unspecified atom stereocenters. The normalized spacial score (nSPS) is 16.4. The molecule has 0 aromatic heterocycles. The van der Waals surface area contributed by atoms with Crippen LogP contribution in [0.1, 0.15) is 33.6 Å². The minimum Gasteiger partial charge on any atom is -0.396 e. The summed E-state index contributed by atoms with van der Waals surface area (Å²) in [4.78, 5) is 0. The number of ether oxygens (including phenoxy) is 1. The molecule has 0 amide bonds. The molecule has 0 saturated carbocycles. The van der Waals surface area contributed by atoms with E-state index in [0.29, 0.717) is 5.92 Å². The minimum absolute atomic E-state index is 0.203. The third kappa shape index (κ3) is 6.32. The molecule has 2 heteroatoms. The predicted molar refractivity (Wildman–Crippen MR) is 46.6 cm³/mol. The van der Waals surface area contributed by atoms with Crippen LogP contribution in [0.4, 0.5) is 0 Å². The van der Waals surface area contributed by atoms with E-state index in [0.717, 1.165) is 19.4 Å². The van der Waals surface area contributed by atoms with Crippen LogP contribution in [-0.4, -0.2) is 24.4 Å². The molecule has 0 bridgehead atoms. The third-order valence-corrected chi connectivity index (χ3v) is 1.90. The first-order valence-electron chi connectivity index (χ1n) is 4.43. The highest BCUT2D eigenvalue weighted by molar-refractivity contribution is 4.51. The Hall–Kier alpha value is -0.0800. The maximum absolute atomic E-state index is 8.58. The van der Waals surface area contributed by atoms with Crippen molar-refractivity contribution in [2.24, 2.45) is 5.92 Å². The second kappa shape index (κ2) is 6.62. The molecule has 0 aromatic rings. The van der Waals surface area contributed by atoms with Gasteiger partial charge in [0.05, 0.1) is 6.10 Å². The van der Waals surface area contributed by atoms with E-state index in [9.17, 15) is 0 Å². The van der Waals surface area contributed by atoms with Crippen LogP contribution >= 0.6 is 0 Å². The predicted octanol–water partition coefficient (Wildman–Crippen LogP) is 1.82. The standard InChI is InChI=1S/C9H20O2/c1-4-8(2)7-11-9(3)5-6-10/h8-10H,4-7H2,1-3H3. The topological polar surface area (TPSA) is 29.5 Å². The number of hydrogen-bond acceptors (Lipinski definition) is 2. The highest BCUT2D eigenvalue weighted by Gasteiger charge is 2.03. The van der Waals surface area contributed by atoms with E-state index in [4.69, 9.17) is 9.84 Å². The molecule has 2 atom stereocenters. The minimum atomic E-state index is 0.203. The fraction of sp³-hybridized carbons (Fsp3) is 1.00. The molecule has 1 N–H and O–H groups in total. The van der Waals surface area contributed by atoms with E-state index in [1.54, 1.807) is 0 Å². The Balaban J connectivity index is 3.22. The third-order valence-electron chi connectivity index (χ3n) is 1.90. The fourth-order valence-electron chi connectivity index (χ4n) is 0.712. The van der Waals surface area contributed by atoms with Crippen molar-refractivity contribution < 1.29 is 9.84 Å². The molecule has 0 radical (unpaired) electrons. The van der Waals surface area contributed by atoms with Crippen LogP contribution in [0, 0.1) is 5.92 Å². The molecule has 0 aromatic carbocycles. The van der Waals surface area contributed by atoms with Crippen LogP contribution in [0.2, 0.25) is 0 Å². The molecular formula is C9H20O2. The first-order valence-corrected chi connectivity index (χ1v) is 4.43. The van der Waals surface area contributed by atoms with Crippen LogP contribution in [0.15, 0.2) is 0 Å². The lowest BCUT2D eigenvalue weighted by atomic mass is 10.1. The van der Waals surface area contributed by atoms with Crippen LogP contribution in [0.3, 0.4) is 0 Å². The lowest BCUT2D eigenvalue weighted by molar-refractivity contribution is 0.0284. The lowest BCUT2D eigenvalue weighted by Crippen LogP contribution is -2.14. The van der Waals surface area contributed by atoms with E-state index in [-0.39, 0.29) is 12.7 Å². The summed E-state index contributed by atoms with van der Waals surface area (Å²) in [5.41, 5.74) is 0. The van der Waals surface area contributed by atoms with E-state index in [2.05, 4.69) is 13.8 Å². The van der Waals surface area contributed by atoms with Gasteiger partial charge in [-0.2, -0.15) is 0 Å². The van der Waals surface area contributed by atoms with Gasteiger partial charge >= 0.3 is 0 Å². The summed E-state index contributed by atoms with van der Waals surface area (Å²) in [7, 11) is 0. The van der Waals surface area contributed by atoms with Gasteiger partial charge in [-0.15, -0.1) is 0 Å². The zero-order valence-corrected chi connectivity index (χ0v) is 7.84. The summed E-state index contributed by atoms with van der Waals surface area (Å²) in [5, 5.41) is 8.58. The summed E-state index contributed by atoms with van der Waals surface area (Å²) in [6.45, 7) is 7.37. The van der Waals surface area contributed by atoms with Crippen LogP contribution in [-0.2, 0) is 4.74 Å². The fourth-order valence-corrected chi connectivity index (χ4v) is 0.712.